The van der Waals surface area contributed by atoms with Crippen LogP contribution in [-0.2, 0) is 0 Å². The highest BCUT2D eigenvalue weighted by Crippen LogP contribution is 2.09. The summed E-state index contributed by atoms with van der Waals surface area (Å²) in [4.78, 5) is 13.3. The number of nitriles is 1. The van der Waals surface area contributed by atoms with E-state index >= 15 is 0 Å². The standard InChI is InChI=1S/C12H17N5O/c1-4-14-12(18)10-5-6-11(16-15-10)17(3)8-9(2)7-13/h5-6,9H,4,8H2,1-3H3,(H,14,18). The maximum atomic E-state index is 11.5. The lowest BCUT2D eigenvalue weighted by molar-refractivity contribution is 0.0950. The van der Waals surface area contributed by atoms with E-state index in [1.807, 2.05) is 25.8 Å². The van der Waals surface area contributed by atoms with Gasteiger partial charge < -0.3 is 10.2 Å². The first-order chi connectivity index (χ1) is 8.58. The largest absolute Gasteiger partial charge is 0.357 e. The Hall–Kier alpha value is -2.16. The molecule has 1 amide bonds. The van der Waals surface area contributed by atoms with Crippen LogP contribution in [0.1, 0.15) is 24.3 Å². The zero-order valence-corrected chi connectivity index (χ0v) is 10.8. The van der Waals surface area contributed by atoms with E-state index < -0.39 is 0 Å². The maximum Gasteiger partial charge on any atom is 0.271 e. The third-order valence-corrected chi connectivity index (χ3v) is 2.38. The van der Waals surface area contributed by atoms with Crippen molar-refractivity contribution in [1.29, 1.82) is 5.26 Å². The van der Waals surface area contributed by atoms with Crippen LogP contribution in [0.2, 0.25) is 0 Å². The lowest BCUT2D eigenvalue weighted by Gasteiger charge is -2.18. The molecule has 0 fully saturated rings. The minimum Gasteiger partial charge on any atom is -0.357 e. The van der Waals surface area contributed by atoms with Gasteiger partial charge in [-0.2, -0.15) is 5.26 Å². The molecule has 0 spiro atoms. The zero-order chi connectivity index (χ0) is 13.5. The fourth-order valence-corrected chi connectivity index (χ4v) is 1.45. The summed E-state index contributed by atoms with van der Waals surface area (Å²) in [5.41, 5.74) is 0.294. The fourth-order valence-electron chi connectivity index (χ4n) is 1.45. The molecule has 0 bridgehead atoms. The summed E-state index contributed by atoms with van der Waals surface area (Å²) in [7, 11) is 1.84. The molecule has 6 heteroatoms. The van der Waals surface area contributed by atoms with E-state index in [1.54, 1.807) is 12.1 Å². The van der Waals surface area contributed by atoms with E-state index in [2.05, 4.69) is 21.6 Å². The second kappa shape index (κ2) is 6.55. The molecule has 1 unspecified atom stereocenters. The van der Waals surface area contributed by atoms with Gasteiger partial charge in [0.15, 0.2) is 11.5 Å². The molecule has 0 radical (unpaired) electrons. The number of hydrogen-bond donors (Lipinski definition) is 1. The van der Waals surface area contributed by atoms with Crippen molar-refractivity contribution in [3.05, 3.63) is 17.8 Å². The second-order valence-electron chi connectivity index (χ2n) is 4.05. The van der Waals surface area contributed by atoms with Crippen molar-refractivity contribution in [2.24, 2.45) is 5.92 Å². The van der Waals surface area contributed by atoms with Gasteiger partial charge in [-0.3, -0.25) is 4.79 Å². The summed E-state index contributed by atoms with van der Waals surface area (Å²) in [6, 6.07) is 5.51. The molecule has 0 aliphatic carbocycles. The summed E-state index contributed by atoms with van der Waals surface area (Å²) in [5, 5.41) is 19.2. The molecule has 0 saturated carbocycles. The highest BCUT2D eigenvalue weighted by molar-refractivity contribution is 5.92. The molecule has 1 heterocycles. The SMILES string of the molecule is CCNC(=O)c1ccc(N(C)CC(C)C#N)nn1. The molecule has 18 heavy (non-hydrogen) atoms. The van der Waals surface area contributed by atoms with E-state index in [0.29, 0.717) is 24.6 Å². The Kier molecular flexibility index (Phi) is 5.06. The first-order valence-corrected chi connectivity index (χ1v) is 5.81. The number of amides is 1. The van der Waals surface area contributed by atoms with Gasteiger partial charge in [0.1, 0.15) is 0 Å². The van der Waals surface area contributed by atoms with Gasteiger partial charge in [0.05, 0.1) is 12.0 Å². The van der Waals surface area contributed by atoms with Crippen LogP contribution in [-0.4, -0.2) is 36.2 Å². The zero-order valence-electron chi connectivity index (χ0n) is 10.8. The van der Waals surface area contributed by atoms with Crippen LogP contribution in [0.25, 0.3) is 0 Å². The van der Waals surface area contributed by atoms with Crippen molar-refractivity contribution in [2.75, 3.05) is 25.0 Å². The highest BCUT2D eigenvalue weighted by atomic mass is 16.1. The first-order valence-electron chi connectivity index (χ1n) is 5.81. The first kappa shape index (κ1) is 13.9. The summed E-state index contributed by atoms with van der Waals surface area (Å²) >= 11 is 0. The summed E-state index contributed by atoms with van der Waals surface area (Å²) in [6.45, 7) is 4.82. The van der Waals surface area contributed by atoms with Gasteiger partial charge >= 0.3 is 0 Å². The molecule has 0 saturated heterocycles. The molecule has 0 aromatic carbocycles. The van der Waals surface area contributed by atoms with Gasteiger partial charge in [-0.05, 0) is 26.0 Å². The smallest absolute Gasteiger partial charge is 0.271 e. The van der Waals surface area contributed by atoms with Crippen LogP contribution in [0.3, 0.4) is 0 Å². The highest BCUT2D eigenvalue weighted by Gasteiger charge is 2.10. The van der Waals surface area contributed by atoms with Crippen LogP contribution < -0.4 is 10.2 Å². The topological polar surface area (TPSA) is 81.9 Å². The van der Waals surface area contributed by atoms with Crippen LogP contribution >= 0.6 is 0 Å². The Balaban J connectivity index is 2.71. The summed E-state index contributed by atoms with van der Waals surface area (Å²) < 4.78 is 0. The molecule has 1 atom stereocenters. The normalized spacial score (nSPS) is 11.4. The van der Waals surface area contributed by atoms with Gasteiger partial charge in [-0.25, -0.2) is 0 Å². The van der Waals surface area contributed by atoms with Gasteiger partial charge in [0.2, 0.25) is 0 Å². The minimum absolute atomic E-state index is 0.0835. The maximum absolute atomic E-state index is 11.5. The van der Waals surface area contributed by atoms with Gasteiger partial charge in [-0.1, -0.05) is 0 Å². The van der Waals surface area contributed by atoms with E-state index in [1.165, 1.54) is 0 Å². The quantitative estimate of drug-likeness (QED) is 0.833. The minimum atomic E-state index is -0.232. The van der Waals surface area contributed by atoms with Crippen LogP contribution in [0.5, 0.6) is 0 Å². The van der Waals surface area contributed by atoms with E-state index in [0.717, 1.165) is 0 Å². The van der Waals surface area contributed by atoms with Crippen LogP contribution in [0.4, 0.5) is 5.82 Å². The van der Waals surface area contributed by atoms with Gasteiger partial charge in [0.25, 0.3) is 5.91 Å². The molecule has 1 rings (SSSR count). The number of carbonyl (C=O) groups excluding carboxylic acids is 1. The molecule has 6 nitrogen and oxygen atoms in total. The molecule has 0 aliphatic rings. The third-order valence-electron chi connectivity index (χ3n) is 2.38. The Bertz CT molecular complexity index is 437. The Morgan fingerprint density at radius 1 is 1.56 bits per heavy atom. The number of carbonyl (C=O) groups is 1. The Morgan fingerprint density at radius 2 is 2.28 bits per heavy atom. The fraction of sp³-hybridized carbons (Fsp3) is 0.500. The molecule has 1 aromatic heterocycles. The van der Waals surface area contributed by atoms with Crippen molar-refractivity contribution >= 4 is 11.7 Å². The predicted octanol–water partition coefficient (Wildman–Crippen LogP) is 0.822. The average Bonchev–Trinajstić information content (AvgIpc) is 2.39. The predicted molar refractivity (Wildman–Crippen MR) is 68.1 cm³/mol. The molecule has 1 aromatic rings. The van der Waals surface area contributed by atoms with Gasteiger partial charge in [0, 0.05) is 20.1 Å². The molecule has 1 N–H and O–H groups in total. The van der Waals surface area contributed by atoms with E-state index in [9.17, 15) is 4.79 Å². The van der Waals surface area contributed by atoms with Crippen molar-refractivity contribution < 1.29 is 4.79 Å². The molecule has 0 aliphatic heterocycles. The third kappa shape index (κ3) is 3.70. The Morgan fingerprint density at radius 3 is 2.78 bits per heavy atom. The second-order valence-corrected chi connectivity index (χ2v) is 4.05. The van der Waals surface area contributed by atoms with E-state index in [4.69, 9.17) is 5.26 Å². The molecule has 96 valence electrons. The lowest BCUT2D eigenvalue weighted by Crippen LogP contribution is -2.26. The van der Waals surface area contributed by atoms with Crippen molar-refractivity contribution in [3.8, 4) is 6.07 Å². The average molecular weight is 247 g/mol. The monoisotopic (exact) mass is 247 g/mol. The molecular weight excluding hydrogens is 230 g/mol. The lowest BCUT2D eigenvalue weighted by atomic mass is 10.2. The van der Waals surface area contributed by atoms with Crippen molar-refractivity contribution in [1.82, 2.24) is 15.5 Å². The van der Waals surface area contributed by atoms with Crippen LogP contribution in [0, 0.1) is 17.2 Å². The number of hydrogen-bond acceptors (Lipinski definition) is 5. The summed E-state index contributed by atoms with van der Waals surface area (Å²) in [5.74, 6) is 0.328. The van der Waals surface area contributed by atoms with Gasteiger partial charge in [-0.15, -0.1) is 10.2 Å². The molecular formula is C12H17N5O. The van der Waals surface area contributed by atoms with E-state index in [-0.39, 0.29) is 11.8 Å². The number of rotatable bonds is 5. The number of anilines is 1. The number of nitrogens with zero attached hydrogens (tertiary/aromatic N) is 4. The number of aromatic nitrogens is 2. The Labute approximate surface area is 107 Å². The summed E-state index contributed by atoms with van der Waals surface area (Å²) in [6.07, 6.45) is 0. The number of nitrogens with one attached hydrogen (secondary N) is 1. The van der Waals surface area contributed by atoms with Crippen LogP contribution in [0.15, 0.2) is 12.1 Å². The van der Waals surface area contributed by atoms with Crippen molar-refractivity contribution in [3.63, 3.8) is 0 Å². The van der Waals surface area contributed by atoms with Crippen molar-refractivity contribution in [2.45, 2.75) is 13.8 Å².